The van der Waals surface area contributed by atoms with Gasteiger partial charge in [0.15, 0.2) is 0 Å². The zero-order chi connectivity index (χ0) is 21.9. The Balaban J connectivity index is 2.06. The summed E-state index contributed by atoms with van der Waals surface area (Å²) < 4.78 is 62.5. The van der Waals surface area contributed by atoms with E-state index in [9.17, 15) is 17.2 Å². The summed E-state index contributed by atoms with van der Waals surface area (Å²) in [5, 5.41) is 2.78. The van der Waals surface area contributed by atoms with E-state index in [2.05, 4.69) is 23.2 Å². The largest absolute Gasteiger partial charge is 0.487 e. The Labute approximate surface area is 188 Å². The molecule has 1 saturated carbocycles. The summed E-state index contributed by atoms with van der Waals surface area (Å²) in [5.74, 6) is -1.25. The van der Waals surface area contributed by atoms with Crippen LogP contribution in [0.4, 0.5) is 25.8 Å². The van der Waals surface area contributed by atoms with Crippen LogP contribution in [-0.2, 0) is 10.0 Å². The van der Waals surface area contributed by atoms with Gasteiger partial charge in [0, 0.05) is 9.64 Å². The van der Waals surface area contributed by atoms with Gasteiger partial charge in [0.1, 0.15) is 29.7 Å². The maximum absolute atomic E-state index is 14.4. The molecule has 2 aromatic rings. The van der Waals surface area contributed by atoms with Crippen LogP contribution in [0.2, 0.25) is 0 Å². The van der Waals surface area contributed by atoms with Crippen LogP contribution in [0.1, 0.15) is 19.3 Å². The molecule has 2 aromatic carbocycles. The van der Waals surface area contributed by atoms with E-state index in [1.165, 1.54) is 18.2 Å². The number of halogens is 3. The molecule has 0 aliphatic heterocycles. The van der Waals surface area contributed by atoms with Gasteiger partial charge in [-0.3, -0.25) is 4.72 Å². The van der Waals surface area contributed by atoms with Crippen molar-refractivity contribution in [2.24, 2.45) is 0 Å². The van der Waals surface area contributed by atoms with Crippen LogP contribution in [0.25, 0.3) is 0 Å². The molecule has 1 fully saturated rings. The number of sulfonamides is 1. The highest BCUT2D eigenvalue weighted by atomic mass is 127. The third-order valence-corrected chi connectivity index (χ3v) is 7.61. The van der Waals surface area contributed by atoms with Crippen molar-refractivity contribution in [3.63, 3.8) is 0 Å². The third kappa shape index (κ3) is 4.77. The van der Waals surface area contributed by atoms with Gasteiger partial charge in [-0.2, -0.15) is 0 Å². The number of anilines is 3. The molecule has 0 radical (unpaired) electrons. The lowest BCUT2D eigenvalue weighted by Crippen LogP contribution is -2.29. The number of nitrogens with one attached hydrogen (secondary N) is 2. The van der Waals surface area contributed by atoms with Crippen molar-refractivity contribution in [1.82, 2.24) is 0 Å². The second kappa shape index (κ2) is 8.93. The van der Waals surface area contributed by atoms with E-state index in [0.717, 1.165) is 12.1 Å². The molecular formula is C21H21F2IN2O3S. The quantitative estimate of drug-likeness (QED) is 0.295. The molecule has 0 bridgehead atoms. The predicted octanol–water partition coefficient (Wildman–Crippen LogP) is 5.73. The second-order valence-electron chi connectivity index (χ2n) is 6.96. The van der Waals surface area contributed by atoms with E-state index < -0.39 is 26.4 Å². The molecule has 30 heavy (non-hydrogen) atoms. The van der Waals surface area contributed by atoms with E-state index in [1.807, 2.05) is 22.6 Å². The van der Waals surface area contributed by atoms with Crippen LogP contribution < -0.4 is 14.8 Å². The van der Waals surface area contributed by atoms with Crippen LogP contribution in [0, 0.1) is 15.2 Å². The van der Waals surface area contributed by atoms with Crippen molar-refractivity contribution in [2.45, 2.75) is 24.0 Å². The maximum atomic E-state index is 14.4. The lowest BCUT2D eigenvalue weighted by Gasteiger charge is -2.21. The molecule has 0 spiro atoms. The average molecular weight is 546 g/mol. The van der Waals surface area contributed by atoms with Gasteiger partial charge >= 0.3 is 0 Å². The van der Waals surface area contributed by atoms with Crippen LogP contribution in [0.15, 0.2) is 55.6 Å². The Morgan fingerprint density at radius 2 is 1.87 bits per heavy atom. The van der Waals surface area contributed by atoms with Gasteiger partial charge in [-0.25, -0.2) is 17.2 Å². The van der Waals surface area contributed by atoms with Gasteiger partial charge in [-0.05, 0) is 66.1 Å². The summed E-state index contributed by atoms with van der Waals surface area (Å²) in [6, 6.07) is 6.63. The molecule has 9 heteroatoms. The topological polar surface area (TPSA) is 67.4 Å². The standard InChI is InChI=1S/C21H21F2IN2O3S/c1-3-7-21(8-9-21)30(27,28)26-20-18(11-14(22)12-19(20)29-10-4-2)25-17-6-5-15(24)13-16(17)23/h3-6,11-13,25-26H,1-2,7-10H2. The van der Waals surface area contributed by atoms with Crippen molar-refractivity contribution >= 4 is 49.7 Å². The van der Waals surface area contributed by atoms with Gasteiger partial charge in [-0.1, -0.05) is 18.7 Å². The minimum absolute atomic E-state index is 0.00605. The number of hydrogen-bond acceptors (Lipinski definition) is 4. The normalized spacial score (nSPS) is 14.6. The summed E-state index contributed by atoms with van der Waals surface area (Å²) in [7, 11) is -3.84. The fourth-order valence-corrected chi connectivity index (χ4v) is 5.14. The second-order valence-corrected chi connectivity index (χ2v) is 10.3. The van der Waals surface area contributed by atoms with Crippen LogP contribution in [0.5, 0.6) is 5.75 Å². The molecule has 0 unspecified atom stereocenters. The Bertz CT molecular complexity index is 1090. The molecule has 160 valence electrons. The van der Waals surface area contributed by atoms with Crippen molar-refractivity contribution in [3.05, 3.63) is 70.8 Å². The summed E-state index contributed by atoms with van der Waals surface area (Å²) >= 11 is 1.97. The monoisotopic (exact) mass is 546 g/mol. The Kier molecular flexibility index (Phi) is 6.71. The summed E-state index contributed by atoms with van der Waals surface area (Å²) in [6.45, 7) is 7.22. The predicted molar refractivity (Wildman–Crippen MR) is 124 cm³/mol. The van der Waals surface area contributed by atoms with Crippen LogP contribution >= 0.6 is 22.6 Å². The Hall–Kier alpha value is -2.14. The van der Waals surface area contributed by atoms with Crippen molar-refractivity contribution in [2.75, 3.05) is 16.6 Å². The molecule has 2 N–H and O–H groups in total. The molecule has 0 atom stereocenters. The summed E-state index contributed by atoms with van der Waals surface area (Å²) in [5.41, 5.74) is 0.113. The van der Waals surface area contributed by atoms with Gasteiger partial charge in [-0.15, -0.1) is 6.58 Å². The highest BCUT2D eigenvalue weighted by Gasteiger charge is 2.53. The minimum atomic E-state index is -3.84. The van der Waals surface area contributed by atoms with E-state index in [0.29, 0.717) is 22.8 Å². The van der Waals surface area contributed by atoms with E-state index in [-0.39, 0.29) is 29.4 Å². The Morgan fingerprint density at radius 3 is 2.47 bits per heavy atom. The molecule has 5 nitrogen and oxygen atoms in total. The fourth-order valence-electron chi connectivity index (χ4n) is 3.01. The number of rotatable bonds is 10. The van der Waals surface area contributed by atoms with Crippen molar-refractivity contribution in [3.8, 4) is 5.75 Å². The number of hydrogen-bond donors (Lipinski definition) is 2. The first kappa shape index (κ1) is 22.5. The number of allylic oxidation sites excluding steroid dienone is 1. The zero-order valence-corrected chi connectivity index (χ0v) is 19.0. The highest BCUT2D eigenvalue weighted by Crippen LogP contribution is 2.49. The van der Waals surface area contributed by atoms with Crippen LogP contribution in [-0.4, -0.2) is 19.8 Å². The molecule has 0 heterocycles. The van der Waals surface area contributed by atoms with Gasteiger partial charge < -0.3 is 10.1 Å². The minimum Gasteiger partial charge on any atom is -0.487 e. The van der Waals surface area contributed by atoms with Gasteiger partial charge in [0.2, 0.25) is 10.0 Å². The molecule has 1 aliphatic rings. The highest BCUT2D eigenvalue weighted by molar-refractivity contribution is 14.1. The zero-order valence-electron chi connectivity index (χ0n) is 16.1. The first-order chi connectivity index (χ1) is 14.2. The lowest BCUT2D eigenvalue weighted by molar-refractivity contribution is 0.363. The van der Waals surface area contributed by atoms with E-state index >= 15 is 0 Å². The third-order valence-electron chi connectivity index (χ3n) is 4.75. The first-order valence-corrected chi connectivity index (χ1v) is 11.7. The lowest BCUT2D eigenvalue weighted by atomic mass is 10.2. The molecule has 3 rings (SSSR count). The fraction of sp³-hybridized carbons (Fsp3) is 0.238. The Morgan fingerprint density at radius 1 is 1.13 bits per heavy atom. The van der Waals surface area contributed by atoms with Crippen LogP contribution in [0.3, 0.4) is 0 Å². The maximum Gasteiger partial charge on any atom is 0.238 e. The summed E-state index contributed by atoms with van der Waals surface area (Å²) in [4.78, 5) is 0. The van der Waals surface area contributed by atoms with Gasteiger partial charge in [0.25, 0.3) is 0 Å². The first-order valence-electron chi connectivity index (χ1n) is 9.14. The smallest absolute Gasteiger partial charge is 0.238 e. The van der Waals surface area contributed by atoms with E-state index in [4.69, 9.17) is 4.74 Å². The number of benzene rings is 2. The van der Waals surface area contributed by atoms with Crippen molar-refractivity contribution < 1.29 is 21.9 Å². The molecule has 0 amide bonds. The van der Waals surface area contributed by atoms with Gasteiger partial charge in [0.05, 0.1) is 16.1 Å². The summed E-state index contributed by atoms with van der Waals surface area (Å²) in [6.07, 6.45) is 4.29. The average Bonchev–Trinajstić information content (AvgIpc) is 3.46. The molecular weight excluding hydrogens is 525 g/mol. The molecule has 0 aromatic heterocycles. The SMILES string of the molecule is C=CCOc1cc(F)cc(Nc2ccc(I)cc2F)c1NS(=O)(=O)C1(CC=C)CC1. The van der Waals surface area contributed by atoms with Crippen molar-refractivity contribution in [1.29, 1.82) is 0 Å². The number of ether oxygens (including phenoxy) is 1. The molecule has 0 saturated heterocycles. The van der Waals surface area contributed by atoms with E-state index in [1.54, 1.807) is 12.1 Å². The molecule has 1 aliphatic carbocycles.